The van der Waals surface area contributed by atoms with Gasteiger partial charge < -0.3 is 15.2 Å². The summed E-state index contributed by atoms with van der Waals surface area (Å²) in [5, 5.41) is 13.2. The minimum absolute atomic E-state index is 0.232. The second-order valence-corrected chi connectivity index (χ2v) is 5.96. The Morgan fingerprint density at radius 1 is 1.10 bits per heavy atom. The lowest BCUT2D eigenvalue weighted by atomic mass is 9.88. The van der Waals surface area contributed by atoms with Crippen LogP contribution in [0, 0.1) is 0 Å². The standard InChI is InChI=1S/C18H19NO2/c20-15-7-8-16-17(11-21-18(16)10-15)19-14-6-5-12-3-1-2-4-13(12)9-14/h1-4,7-8,10,14,17,19-20H,5-6,9,11H2. The predicted molar refractivity (Wildman–Crippen MR) is 81.7 cm³/mol. The molecule has 2 unspecified atom stereocenters. The Bertz CT molecular complexity index is 668. The number of phenols is 1. The third-order valence-electron chi connectivity index (χ3n) is 4.56. The summed E-state index contributed by atoms with van der Waals surface area (Å²) in [6, 6.07) is 14.8. The molecule has 0 saturated heterocycles. The summed E-state index contributed by atoms with van der Waals surface area (Å²) in [5.74, 6) is 1.07. The number of phenolic OH excluding ortho intramolecular Hbond substituents is 1. The van der Waals surface area contributed by atoms with Gasteiger partial charge in [0.1, 0.15) is 18.1 Å². The molecular formula is C18H19NO2. The van der Waals surface area contributed by atoms with Crippen LogP contribution < -0.4 is 10.1 Å². The molecular weight excluding hydrogens is 262 g/mol. The summed E-state index contributed by atoms with van der Waals surface area (Å²) in [4.78, 5) is 0. The van der Waals surface area contributed by atoms with Gasteiger partial charge in [-0.1, -0.05) is 24.3 Å². The molecule has 0 spiro atoms. The third kappa shape index (κ3) is 2.38. The molecule has 0 amide bonds. The zero-order valence-electron chi connectivity index (χ0n) is 11.9. The lowest BCUT2D eigenvalue weighted by Crippen LogP contribution is -2.37. The van der Waals surface area contributed by atoms with Crippen molar-refractivity contribution in [3.05, 3.63) is 59.2 Å². The van der Waals surface area contributed by atoms with E-state index in [4.69, 9.17) is 4.74 Å². The van der Waals surface area contributed by atoms with Crippen molar-refractivity contribution in [2.24, 2.45) is 0 Å². The van der Waals surface area contributed by atoms with E-state index in [1.54, 1.807) is 12.1 Å². The molecule has 2 aromatic carbocycles. The van der Waals surface area contributed by atoms with Crippen LogP contribution >= 0.6 is 0 Å². The molecule has 0 aromatic heterocycles. The quantitative estimate of drug-likeness (QED) is 0.889. The van der Waals surface area contributed by atoms with Crippen molar-refractivity contribution in [1.82, 2.24) is 5.32 Å². The molecule has 21 heavy (non-hydrogen) atoms. The minimum atomic E-state index is 0.232. The molecule has 2 atom stereocenters. The van der Waals surface area contributed by atoms with Crippen LogP contribution in [0.3, 0.4) is 0 Å². The number of benzene rings is 2. The topological polar surface area (TPSA) is 41.5 Å². The van der Waals surface area contributed by atoms with E-state index in [2.05, 4.69) is 29.6 Å². The maximum absolute atomic E-state index is 9.51. The summed E-state index contributed by atoms with van der Waals surface area (Å²) in [7, 11) is 0. The smallest absolute Gasteiger partial charge is 0.127 e. The fourth-order valence-electron chi connectivity index (χ4n) is 3.46. The van der Waals surface area contributed by atoms with Crippen molar-refractivity contribution >= 4 is 0 Å². The average Bonchev–Trinajstić information content (AvgIpc) is 2.89. The monoisotopic (exact) mass is 281 g/mol. The van der Waals surface area contributed by atoms with Gasteiger partial charge in [-0.15, -0.1) is 0 Å². The van der Waals surface area contributed by atoms with E-state index in [0.29, 0.717) is 12.6 Å². The summed E-state index contributed by atoms with van der Waals surface area (Å²) in [6.45, 7) is 0.650. The Labute approximate surface area is 124 Å². The number of ether oxygens (including phenoxy) is 1. The van der Waals surface area contributed by atoms with Gasteiger partial charge in [0, 0.05) is 17.7 Å². The predicted octanol–water partition coefficient (Wildman–Crippen LogP) is 2.97. The zero-order valence-corrected chi connectivity index (χ0v) is 11.9. The number of aryl methyl sites for hydroxylation is 1. The molecule has 2 N–H and O–H groups in total. The van der Waals surface area contributed by atoms with Crippen LogP contribution in [0.4, 0.5) is 0 Å². The van der Waals surface area contributed by atoms with Crippen molar-refractivity contribution in [3.8, 4) is 11.5 Å². The Morgan fingerprint density at radius 2 is 1.95 bits per heavy atom. The van der Waals surface area contributed by atoms with Crippen molar-refractivity contribution < 1.29 is 9.84 Å². The van der Waals surface area contributed by atoms with E-state index >= 15 is 0 Å². The molecule has 4 rings (SSSR count). The van der Waals surface area contributed by atoms with Crippen LogP contribution in [0.1, 0.15) is 29.2 Å². The molecule has 108 valence electrons. The minimum Gasteiger partial charge on any atom is -0.508 e. The first-order valence-corrected chi connectivity index (χ1v) is 7.58. The maximum atomic E-state index is 9.51. The highest BCUT2D eigenvalue weighted by atomic mass is 16.5. The molecule has 1 aliphatic heterocycles. The van der Waals surface area contributed by atoms with Crippen LogP contribution in [-0.2, 0) is 12.8 Å². The molecule has 0 saturated carbocycles. The SMILES string of the molecule is Oc1ccc2c(c1)OCC2NC1CCc2ccccc2C1. The number of nitrogens with one attached hydrogen (secondary N) is 1. The lowest BCUT2D eigenvalue weighted by Gasteiger charge is -2.28. The van der Waals surface area contributed by atoms with Gasteiger partial charge in [-0.3, -0.25) is 0 Å². The van der Waals surface area contributed by atoms with Crippen LogP contribution in [0.5, 0.6) is 11.5 Å². The summed E-state index contributed by atoms with van der Waals surface area (Å²) >= 11 is 0. The molecule has 1 heterocycles. The summed E-state index contributed by atoms with van der Waals surface area (Å²) in [5.41, 5.74) is 4.11. The first-order chi connectivity index (χ1) is 10.3. The molecule has 0 radical (unpaired) electrons. The second kappa shape index (κ2) is 5.08. The molecule has 2 aromatic rings. The fraction of sp³-hybridized carbons (Fsp3) is 0.333. The Kier molecular flexibility index (Phi) is 3.08. The van der Waals surface area contributed by atoms with Gasteiger partial charge in [0.15, 0.2) is 0 Å². The molecule has 0 fully saturated rings. The Hall–Kier alpha value is -2.00. The lowest BCUT2D eigenvalue weighted by molar-refractivity contribution is 0.289. The van der Waals surface area contributed by atoms with Crippen molar-refractivity contribution in [1.29, 1.82) is 0 Å². The highest BCUT2D eigenvalue weighted by Gasteiger charge is 2.28. The van der Waals surface area contributed by atoms with Crippen molar-refractivity contribution in [3.63, 3.8) is 0 Å². The highest BCUT2D eigenvalue weighted by molar-refractivity contribution is 5.44. The van der Waals surface area contributed by atoms with Gasteiger partial charge in [0.25, 0.3) is 0 Å². The number of rotatable bonds is 2. The van der Waals surface area contributed by atoms with E-state index < -0.39 is 0 Å². The van der Waals surface area contributed by atoms with E-state index in [1.165, 1.54) is 17.5 Å². The second-order valence-electron chi connectivity index (χ2n) is 5.96. The van der Waals surface area contributed by atoms with Crippen molar-refractivity contribution in [2.75, 3.05) is 6.61 Å². The average molecular weight is 281 g/mol. The summed E-state index contributed by atoms with van der Waals surface area (Å²) in [6.07, 6.45) is 3.39. The van der Waals surface area contributed by atoms with Crippen LogP contribution in [0.2, 0.25) is 0 Å². The number of hydrogen-bond acceptors (Lipinski definition) is 3. The van der Waals surface area contributed by atoms with E-state index in [0.717, 1.165) is 24.2 Å². The van der Waals surface area contributed by atoms with Gasteiger partial charge in [-0.2, -0.15) is 0 Å². The van der Waals surface area contributed by atoms with Crippen LogP contribution in [0.25, 0.3) is 0 Å². The first-order valence-electron chi connectivity index (χ1n) is 7.58. The van der Waals surface area contributed by atoms with E-state index in [1.807, 2.05) is 6.07 Å². The first kappa shape index (κ1) is 12.7. The zero-order chi connectivity index (χ0) is 14.2. The van der Waals surface area contributed by atoms with Gasteiger partial charge in [-0.05, 0) is 42.5 Å². The Balaban J connectivity index is 1.49. The number of fused-ring (bicyclic) bond motifs is 2. The Morgan fingerprint density at radius 3 is 2.86 bits per heavy atom. The highest BCUT2D eigenvalue weighted by Crippen LogP contribution is 2.35. The van der Waals surface area contributed by atoms with Gasteiger partial charge >= 0.3 is 0 Å². The third-order valence-corrected chi connectivity index (χ3v) is 4.56. The van der Waals surface area contributed by atoms with Gasteiger partial charge in [0.05, 0.1) is 6.04 Å². The van der Waals surface area contributed by atoms with Crippen LogP contribution in [-0.4, -0.2) is 17.8 Å². The molecule has 0 bridgehead atoms. The van der Waals surface area contributed by atoms with E-state index in [-0.39, 0.29) is 11.8 Å². The summed E-state index contributed by atoms with van der Waals surface area (Å²) < 4.78 is 5.68. The van der Waals surface area contributed by atoms with Crippen molar-refractivity contribution in [2.45, 2.75) is 31.3 Å². The molecule has 1 aliphatic carbocycles. The normalized spacial score (nSPS) is 23.2. The number of aromatic hydroxyl groups is 1. The largest absolute Gasteiger partial charge is 0.508 e. The fourth-order valence-corrected chi connectivity index (χ4v) is 3.46. The molecule has 3 nitrogen and oxygen atoms in total. The van der Waals surface area contributed by atoms with Gasteiger partial charge in [0.2, 0.25) is 0 Å². The van der Waals surface area contributed by atoms with E-state index in [9.17, 15) is 5.11 Å². The number of hydrogen-bond donors (Lipinski definition) is 2. The molecule has 3 heteroatoms. The maximum Gasteiger partial charge on any atom is 0.127 e. The van der Waals surface area contributed by atoms with Crippen LogP contribution in [0.15, 0.2) is 42.5 Å². The molecule has 2 aliphatic rings. The van der Waals surface area contributed by atoms with Gasteiger partial charge in [-0.25, -0.2) is 0 Å².